The van der Waals surface area contributed by atoms with Gasteiger partial charge < -0.3 is 4.74 Å². The summed E-state index contributed by atoms with van der Waals surface area (Å²) in [5.74, 6) is 0.913. The van der Waals surface area contributed by atoms with Gasteiger partial charge in [-0.1, -0.05) is 51.1 Å². The summed E-state index contributed by atoms with van der Waals surface area (Å²) in [5.41, 5.74) is 1.34. The first-order chi connectivity index (χ1) is 13.1. The molecule has 0 bridgehead atoms. The second kappa shape index (κ2) is 8.05. The highest BCUT2D eigenvalue weighted by Crippen LogP contribution is 2.34. The minimum atomic E-state index is -0.189. The molecule has 3 aromatic carbocycles. The van der Waals surface area contributed by atoms with E-state index >= 15 is 0 Å². The van der Waals surface area contributed by atoms with Crippen LogP contribution in [0.15, 0.2) is 93.5 Å². The van der Waals surface area contributed by atoms with Crippen LogP contribution in [0.3, 0.4) is 0 Å². The molecule has 0 saturated heterocycles. The summed E-state index contributed by atoms with van der Waals surface area (Å²) in [7, 11) is -0.137. The molecule has 0 aliphatic rings. The van der Waals surface area contributed by atoms with Gasteiger partial charge in [0.05, 0.1) is 10.9 Å². The Morgan fingerprint density at radius 3 is 1.50 bits per heavy atom. The summed E-state index contributed by atoms with van der Waals surface area (Å²) in [6, 6.07) is 28.5. The molecule has 0 aliphatic carbocycles. The molecule has 1 atom stereocenters. The van der Waals surface area contributed by atoms with E-state index in [0.29, 0.717) is 0 Å². The zero-order chi connectivity index (χ0) is 20.4. The summed E-state index contributed by atoms with van der Waals surface area (Å²) < 4.78 is 6.00. The third-order valence-corrected chi connectivity index (χ3v) is 6.65. The van der Waals surface area contributed by atoms with Crippen molar-refractivity contribution in [3.05, 3.63) is 84.4 Å². The molecular weight excluding hydrogens is 360 g/mol. The molecule has 3 rings (SSSR count). The van der Waals surface area contributed by atoms with Crippen LogP contribution >= 0.6 is 0 Å². The molecule has 0 N–H and O–H groups in total. The van der Waals surface area contributed by atoms with E-state index in [0.717, 1.165) is 5.75 Å². The molecule has 28 heavy (non-hydrogen) atoms. The van der Waals surface area contributed by atoms with Gasteiger partial charge in [0.2, 0.25) is 0 Å². The molecule has 3 aromatic rings. The van der Waals surface area contributed by atoms with E-state index in [9.17, 15) is 0 Å². The number of hydrogen-bond donors (Lipinski definition) is 0. The van der Waals surface area contributed by atoms with Crippen LogP contribution in [0.25, 0.3) is 0 Å². The Bertz CT molecular complexity index is 882. The standard InChI is InChI=1S/C26H31OS/c1-25(2,3)20-12-16-23(17-13-20)28(22-10-8-7-9-11-22)24-18-14-21(15-19-24)27-26(4,5)6/h7-19H,1-6H3/q+1. The lowest BCUT2D eigenvalue weighted by atomic mass is 9.87. The number of rotatable bonds is 4. The predicted octanol–water partition coefficient (Wildman–Crippen LogP) is 7.26. The van der Waals surface area contributed by atoms with Gasteiger partial charge in [0, 0.05) is 0 Å². The molecule has 0 heterocycles. The van der Waals surface area contributed by atoms with Crippen LogP contribution < -0.4 is 4.74 Å². The summed E-state index contributed by atoms with van der Waals surface area (Å²) in [4.78, 5) is 3.97. The molecule has 1 unspecified atom stereocenters. The Labute approximate surface area is 173 Å². The van der Waals surface area contributed by atoms with Crippen molar-refractivity contribution in [2.24, 2.45) is 0 Å². The van der Waals surface area contributed by atoms with Crippen molar-refractivity contribution >= 4 is 10.9 Å². The van der Waals surface area contributed by atoms with Gasteiger partial charge in [0.25, 0.3) is 0 Å². The number of benzene rings is 3. The zero-order valence-electron chi connectivity index (χ0n) is 17.8. The molecule has 146 valence electrons. The SMILES string of the molecule is CC(C)(C)Oc1ccc([S+](c2ccccc2)c2ccc(C(C)(C)C)cc2)cc1. The molecule has 0 fully saturated rings. The maximum absolute atomic E-state index is 6.00. The molecule has 0 amide bonds. The van der Waals surface area contributed by atoms with Gasteiger partial charge in [0.1, 0.15) is 11.4 Å². The average molecular weight is 392 g/mol. The van der Waals surface area contributed by atoms with Crippen molar-refractivity contribution in [1.82, 2.24) is 0 Å². The Balaban J connectivity index is 1.99. The smallest absolute Gasteiger partial charge is 0.166 e. The van der Waals surface area contributed by atoms with Gasteiger partial charge in [0.15, 0.2) is 14.7 Å². The lowest BCUT2D eigenvalue weighted by Gasteiger charge is -2.21. The highest BCUT2D eigenvalue weighted by Gasteiger charge is 2.29. The van der Waals surface area contributed by atoms with Crippen LogP contribution in [0.5, 0.6) is 5.75 Å². The molecule has 0 aromatic heterocycles. The summed E-state index contributed by atoms with van der Waals surface area (Å²) in [6.45, 7) is 13.0. The fraction of sp³-hybridized carbons (Fsp3) is 0.308. The predicted molar refractivity (Wildman–Crippen MR) is 121 cm³/mol. The van der Waals surface area contributed by atoms with Crippen molar-refractivity contribution in [3.8, 4) is 5.75 Å². The highest BCUT2D eigenvalue weighted by molar-refractivity contribution is 7.97. The van der Waals surface area contributed by atoms with E-state index in [2.05, 4.69) is 120 Å². The van der Waals surface area contributed by atoms with Gasteiger partial charge in [-0.2, -0.15) is 0 Å². The summed E-state index contributed by atoms with van der Waals surface area (Å²) in [6.07, 6.45) is 0. The Morgan fingerprint density at radius 1 is 0.571 bits per heavy atom. The number of hydrogen-bond acceptors (Lipinski definition) is 1. The lowest BCUT2D eigenvalue weighted by molar-refractivity contribution is 0.131. The molecular formula is C26H31OS+. The Morgan fingerprint density at radius 2 is 1.04 bits per heavy atom. The molecule has 1 nitrogen and oxygen atoms in total. The second-order valence-corrected chi connectivity index (χ2v) is 11.1. The minimum Gasteiger partial charge on any atom is -0.488 e. The fourth-order valence-electron chi connectivity index (χ4n) is 3.05. The monoisotopic (exact) mass is 391 g/mol. The first kappa shape index (κ1) is 20.5. The molecule has 0 radical (unpaired) electrons. The van der Waals surface area contributed by atoms with E-state index in [1.165, 1.54) is 20.2 Å². The fourth-order valence-corrected chi connectivity index (χ4v) is 5.12. The molecule has 0 spiro atoms. The number of ether oxygens (including phenoxy) is 1. The van der Waals surface area contributed by atoms with Crippen molar-refractivity contribution in [3.63, 3.8) is 0 Å². The average Bonchev–Trinajstić information content (AvgIpc) is 2.63. The third kappa shape index (κ3) is 5.20. The molecule has 0 aliphatic heterocycles. The van der Waals surface area contributed by atoms with Gasteiger partial charge in [-0.05, 0) is 80.3 Å². The molecule has 2 heteroatoms. The van der Waals surface area contributed by atoms with Crippen LogP contribution in [0.4, 0.5) is 0 Å². The van der Waals surface area contributed by atoms with E-state index < -0.39 is 0 Å². The van der Waals surface area contributed by atoms with Gasteiger partial charge in [-0.15, -0.1) is 0 Å². The van der Waals surface area contributed by atoms with Crippen molar-refractivity contribution in [2.75, 3.05) is 0 Å². The highest BCUT2D eigenvalue weighted by atomic mass is 32.2. The topological polar surface area (TPSA) is 9.23 Å². The van der Waals surface area contributed by atoms with Crippen LogP contribution in [-0.4, -0.2) is 5.60 Å². The van der Waals surface area contributed by atoms with Crippen LogP contribution in [0.1, 0.15) is 47.1 Å². The Kier molecular flexibility index (Phi) is 5.90. The molecule has 0 saturated carbocycles. The van der Waals surface area contributed by atoms with Crippen molar-refractivity contribution in [1.29, 1.82) is 0 Å². The zero-order valence-corrected chi connectivity index (χ0v) is 18.6. The summed E-state index contributed by atoms with van der Waals surface area (Å²) in [5, 5.41) is 0. The van der Waals surface area contributed by atoms with E-state index in [4.69, 9.17) is 4.74 Å². The van der Waals surface area contributed by atoms with Gasteiger partial charge in [-0.25, -0.2) is 0 Å². The minimum absolute atomic E-state index is 0.137. The lowest BCUT2D eigenvalue weighted by Crippen LogP contribution is -2.22. The van der Waals surface area contributed by atoms with E-state index in [1.54, 1.807) is 0 Å². The van der Waals surface area contributed by atoms with Gasteiger partial charge in [-0.3, -0.25) is 0 Å². The second-order valence-electron chi connectivity index (χ2n) is 9.08. The van der Waals surface area contributed by atoms with Gasteiger partial charge >= 0.3 is 0 Å². The van der Waals surface area contributed by atoms with Crippen LogP contribution in [0.2, 0.25) is 0 Å². The third-order valence-electron chi connectivity index (χ3n) is 4.42. The quantitative estimate of drug-likeness (QED) is 0.425. The maximum atomic E-state index is 6.00. The first-order valence-electron chi connectivity index (χ1n) is 9.82. The van der Waals surface area contributed by atoms with E-state index in [1.807, 2.05) is 0 Å². The summed E-state index contributed by atoms with van der Waals surface area (Å²) >= 11 is 0. The Hall–Kier alpha value is -2.19. The van der Waals surface area contributed by atoms with Crippen molar-refractivity contribution in [2.45, 2.75) is 67.2 Å². The maximum Gasteiger partial charge on any atom is 0.166 e. The van der Waals surface area contributed by atoms with Crippen LogP contribution in [0, 0.1) is 0 Å². The van der Waals surface area contributed by atoms with Crippen LogP contribution in [-0.2, 0) is 16.3 Å². The van der Waals surface area contributed by atoms with Crippen molar-refractivity contribution < 1.29 is 4.74 Å². The normalized spacial score (nSPS) is 13.2. The largest absolute Gasteiger partial charge is 0.488 e. The van der Waals surface area contributed by atoms with E-state index in [-0.39, 0.29) is 21.9 Å². The first-order valence-corrected chi connectivity index (χ1v) is 11.0.